The first-order valence-corrected chi connectivity index (χ1v) is 7.30. The fourth-order valence-corrected chi connectivity index (χ4v) is 2.54. The summed E-state index contributed by atoms with van der Waals surface area (Å²) >= 11 is 0. The monoisotopic (exact) mass is 270 g/mol. The van der Waals surface area contributed by atoms with Crippen molar-refractivity contribution in [3.8, 4) is 0 Å². The molecular formula is C14H26N2O3. The molecular weight excluding hydrogens is 244 g/mol. The van der Waals surface area contributed by atoms with Crippen molar-refractivity contribution in [1.82, 2.24) is 9.80 Å². The van der Waals surface area contributed by atoms with E-state index in [1.54, 1.807) is 4.90 Å². The molecule has 1 heterocycles. The third-order valence-electron chi connectivity index (χ3n) is 4.09. The molecule has 0 aromatic heterocycles. The van der Waals surface area contributed by atoms with Crippen LogP contribution < -0.4 is 0 Å². The third kappa shape index (κ3) is 4.11. The molecule has 0 aliphatic carbocycles. The number of carbonyl (C=O) groups excluding carboxylic acids is 1. The van der Waals surface area contributed by atoms with E-state index >= 15 is 0 Å². The molecule has 1 fully saturated rings. The van der Waals surface area contributed by atoms with Crippen molar-refractivity contribution in [2.75, 3.05) is 26.2 Å². The first kappa shape index (κ1) is 15.8. The number of hydrogen-bond donors (Lipinski definition) is 1. The Morgan fingerprint density at radius 1 is 1.32 bits per heavy atom. The van der Waals surface area contributed by atoms with Gasteiger partial charge in [-0.15, -0.1) is 0 Å². The van der Waals surface area contributed by atoms with E-state index in [9.17, 15) is 9.59 Å². The molecule has 110 valence electrons. The van der Waals surface area contributed by atoms with Crippen LogP contribution in [0.3, 0.4) is 0 Å². The van der Waals surface area contributed by atoms with E-state index in [1.165, 1.54) is 0 Å². The van der Waals surface area contributed by atoms with E-state index in [0.29, 0.717) is 32.0 Å². The van der Waals surface area contributed by atoms with Gasteiger partial charge in [0.05, 0.1) is 5.92 Å². The normalized spacial score (nSPS) is 18.9. The maximum Gasteiger partial charge on any atom is 0.320 e. The second-order valence-electron chi connectivity index (χ2n) is 5.27. The molecule has 1 unspecified atom stereocenters. The van der Waals surface area contributed by atoms with Gasteiger partial charge in [-0.1, -0.05) is 26.7 Å². The summed E-state index contributed by atoms with van der Waals surface area (Å²) in [6, 6.07) is -0.00171. The smallest absolute Gasteiger partial charge is 0.320 e. The Labute approximate surface area is 115 Å². The molecule has 5 nitrogen and oxygen atoms in total. The van der Waals surface area contributed by atoms with Crippen LogP contribution in [0.4, 0.5) is 4.79 Å². The summed E-state index contributed by atoms with van der Waals surface area (Å²) in [5.74, 6) is -0.657. The molecule has 0 aromatic rings. The number of carboxylic acids is 1. The van der Waals surface area contributed by atoms with Crippen LogP contribution >= 0.6 is 0 Å². The van der Waals surface area contributed by atoms with Gasteiger partial charge in [-0.25, -0.2) is 4.79 Å². The number of urea groups is 1. The van der Waals surface area contributed by atoms with Crippen molar-refractivity contribution in [3.05, 3.63) is 0 Å². The van der Waals surface area contributed by atoms with E-state index in [0.717, 1.165) is 19.4 Å². The Morgan fingerprint density at radius 3 is 2.37 bits per heavy atom. The van der Waals surface area contributed by atoms with Gasteiger partial charge in [0.25, 0.3) is 0 Å². The van der Waals surface area contributed by atoms with Crippen LogP contribution in [-0.2, 0) is 4.79 Å². The molecule has 0 spiro atoms. The molecule has 1 aliphatic heterocycles. The first-order valence-electron chi connectivity index (χ1n) is 7.30. The van der Waals surface area contributed by atoms with E-state index in [2.05, 4.69) is 13.8 Å². The summed E-state index contributed by atoms with van der Waals surface area (Å²) in [6.07, 6.45) is 2.71. The SMILES string of the molecule is CCC(CC)CN(CC)C(=O)N1CCC(C(=O)O)C1. The number of carboxylic acid groups (broad SMARTS) is 1. The Bertz CT molecular complexity index is 316. The quantitative estimate of drug-likeness (QED) is 0.805. The van der Waals surface area contributed by atoms with Crippen LogP contribution in [0.1, 0.15) is 40.0 Å². The van der Waals surface area contributed by atoms with E-state index in [-0.39, 0.29) is 6.03 Å². The number of aliphatic carboxylic acids is 1. The molecule has 1 rings (SSSR count). The molecule has 1 atom stereocenters. The topological polar surface area (TPSA) is 60.9 Å². The summed E-state index contributed by atoms with van der Waals surface area (Å²) < 4.78 is 0. The van der Waals surface area contributed by atoms with Crippen LogP contribution in [0.15, 0.2) is 0 Å². The van der Waals surface area contributed by atoms with Crippen molar-refractivity contribution >= 4 is 12.0 Å². The minimum absolute atomic E-state index is 0.00171. The third-order valence-corrected chi connectivity index (χ3v) is 4.09. The average molecular weight is 270 g/mol. The lowest BCUT2D eigenvalue weighted by molar-refractivity contribution is -0.141. The van der Waals surface area contributed by atoms with Crippen molar-refractivity contribution in [3.63, 3.8) is 0 Å². The largest absolute Gasteiger partial charge is 0.481 e. The second kappa shape index (κ2) is 7.36. The second-order valence-corrected chi connectivity index (χ2v) is 5.27. The fraction of sp³-hybridized carbons (Fsp3) is 0.857. The zero-order chi connectivity index (χ0) is 14.4. The average Bonchev–Trinajstić information content (AvgIpc) is 2.89. The molecule has 0 radical (unpaired) electrons. The molecule has 0 aromatic carbocycles. The minimum atomic E-state index is -0.793. The predicted octanol–water partition coefficient (Wildman–Crippen LogP) is 2.27. The van der Waals surface area contributed by atoms with E-state index in [1.807, 2.05) is 11.8 Å². The summed E-state index contributed by atoms with van der Waals surface area (Å²) in [7, 11) is 0. The lowest BCUT2D eigenvalue weighted by atomic mass is 10.0. The van der Waals surface area contributed by atoms with Gasteiger partial charge in [-0.3, -0.25) is 4.79 Å². The molecule has 1 N–H and O–H groups in total. The predicted molar refractivity (Wildman–Crippen MR) is 74.0 cm³/mol. The van der Waals surface area contributed by atoms with Gasteiger partial charge in [-0.2, -0.15) is 0 Å². The summed E-state index contributed by atoms with van der Waals surface area (Å²) in [4.78, 5) is 26.8. The number of hydrogen-bond acceptors (Lipinski definition) is 2. The molecule has 0 saturated carbocycles. The van der Waals surface area contributed by atoms with Crippen LogP contribution in [0.25, 0.3) is 0 Å². The van der Waals surface area contributed by atoms with Crippen molar-refractivity contribution < 1.29 is 14.7 Å². The van der Waals surface area contributed by atoms with Gasteiger partial charge >= 0.3 is 12.0 Å². The van der Waals surface area contributed by atoms with Gasteiger partial charge in [-0.05, 0) is 19.3 Å². The van der Waals surface area contributed by atoms with Gasteiger partial charge in [0.2, 0.25) is 0 Å². The highest BCUT2D eigenvalue weighted by Gasteiger charge is 2.32. The first-order chi connectivity index (χ1) is 9.03. The van der Waals surface area contributed by atoms with Crippen LogP contribution in [-0.4, -0.2) is 53.1 Å². The van der Waals surface area contributed by atoms with Crippen molar-refractivity contribution in [2.24, 2.45) is 11.8 Å². The fourth-order valence-electron chi connectivity index (χ4n) is 2.54. The Morgan fingerprint density at radius 2 is 1.95 bits per heavy atom. The number of amides is 2. The highest BCUT2D eigenvalue weighted by atomic mass is 16.4. The van der Waals surface area contributed by atoms with Crippen LogP contribution in [0.2, 0.25) is 0 Å². The summed E-state index contributed by atoms with van der Waals surface area (Å²) in [5.41, 5.74) is 0. The van der Waals surface area contributed by atoms with Gasteiger partial charge in [0.15, 0.2) is 0 Å². The van der Waals surface area contributed by atoms with Crippen molar-refractivity contribution in [1.29, 1.82) is 0 Å². The maximum absolute atomic E-state index is 12.4. The van der Waals surface area contributed by atoms with E-state index in [4.69, 9.17) is 5.11 Å². The van der Waals surface area contributed by atoms with Crippen LogP contribution in [0, 0.1) is 11.8 Å². The van der Waals surface area contributed by atoms with Gasteiger partial charge in [0, 0.05) is 26.2 Å². The number of rotatable bonds is 6. The zero-order valence-corrected chi connectivity index (χ0v) is 12.3. The summed E-state index contributed by atoms with van der Waals surface area (Å²) in [6.45, 7) is 8.64. The Hall–Kier alpha value is -1.26. The lowest BCUT2D eigenvalue weighted by Crippen LogP contribution is -2.44. The molecule has 5 heteroatoms. The number of likely N-dealkylation sites (tertiary alicyclic amines) is 1. The van der Waals surface area contributed by atoms with Crippen molar-refractivity contribution in [2.45, 2.75) is 40.0 Å². The van der Waals surface area contributed by atoms with Crippen LogP contribution in [0.5, 0.6) is 0 Å². The Kier molecular flexibility index (Phi) is 6.12. The van der Waals surface area contributed by atoms with E-state index < -0.39 is 11.9 Å². The van der Waals surface area contributed by atoms with Gasteiger partial charge in [0.1, 0.15) is 0 Å². The standard InChI is InChI=1S/C14H26N2O3/c1-4-11(5-2)9-15(6-3)14(19)16-8-7-12(10-16)13(17)18/h11-12H,4-10H2,1-3H3,(H,17,18). The molecule has 0 bridgehead atoms. The highest BCUT2D eigenvalue weighted by Crippen LogP contribution is 2.19. The molecule has 1 aliphatic rings. The number of carbonyl (C=O) groups is 2. The molecule has 19 heavy (non-hydrogen) atoms. The molecule has 1 saturated heterocycles. The van der Waals surface area contributed by atoms with Gasteiger partial charge < -0.3 is 14.9 Å². The zero-order valence-electron chi connectivity index (χ0n) is 12.3. The number of nitrogens with zero attached hydrogens (tertiary/aromatic N) is 2. The maximum atomic E-state index is 12.4. The lowest BCUT2D eigenvalue weighted by Gasteiger charge is -2.29. The molecule has 2 amide bonds. The Balaban J connectivity index is 2.57. The highest BCUT2D eigenvalue weighted by molar-refractivity contribution is 5.77. The minimum Gasteiger partial charge on any atom is -0.481 e. The summed E-state index contributed by atoms with van der Waals surface area (Å²) in [5, 5.41) is 8.98.